The maximum atomic E-state index is 13.5. The maximum Gasteiger partial charge on any atom is 0.408 e. The average molecular weight is 476 g/mol. The van der Waals surface area contributed by atoms with E-state index in [1.165, 1.54) is 4.90 Å². The average Bonchev–Trinajstić information content (AvgIpc) is 2.75. The summed E-state index contributed by atoms with van der Waals surface area (Å²) in [7, 11) is 0. The number of amides is 3. The minimum atomic E-state index is -1.26. The fourth-order valence-electron chi connectivity index (χ4n) is 3.60. The van der Waals surface area contributed by atoms with Crippen molar-refractivity contribution in [3.63, 3.8) is 0 Å². The van der Waals surface area contributed by atoms with Gasteiger partial charge in [0.2, 0.25) is 11.8 Å². The van der Waals surface area contributed by atoms with Crippen molar-refractivity contribution in [1.29, 1.82) is 0 Å². The molecule has 0 aliphatic heterocycles. The Bertz CT molecular complexity index is 834. The van der Waals surface area contributed by atoms with Gasteiger partial charge in [0.25, 0.3) is 0 Å². The molecule has 0 fully saturated rings. The Morgan fingerprint density at radius 2 is 1.85 bits per heavy atom. The molecule has 190 valence electrons. The molecule has 0 aliphatic rings. The fourth-order valence-corrected chi connectivity index (χ4v) is 3.60. The summed E-state index contributed by atoms with van der Waals surface area (Å²) in [6.45, 7) is 14.4. The first-order valence-electron chi connectivity index (χ1n) is 11.9. The molecule has 1 aromatic carbocycles. The third-order valence-corrected chi connectivity index (χ3v) is 5.05. The number of carbonyl (C=O) groups is 3. The number of nitrogens with one attached hydrogen (secondary N) is 2. The summed E-state index contributed by atoms with van der Waals surface area (Å²) < 4.78 is 5.24. The third kappa shape index (κ3) is 9.17. The Balaban J connectivity index is 3.37. The standard InChI is InChI=1S/C26H41N3O5/c1-8-12-18(4)27-23(31)22(20-14-11-13-19(10-3)16-20)29(15-9-2)24(32)21(17-30)28-25(33)34-26(5,6)7/h10-11,13-14,16,18,21-22,30H,3,8-9,12,15,17H2,1-2,4-7H3,(H,27,31)(H,28,33). The van der Waals surface area contributed by atoms with E-state index in [1.807, 2.05) is 32.9 Å². The van der Waals surface area contributed by atoms with Crippen molar-refractivity contribution >= 4 is 24.0 Å². The molecule has 0 aromatic heterocycles. The van der Waals surface area contributed by atoms with Crippen LogP contribution < -0.4 is 10.6 Å². The zero-order valence-electron chi connectivity index (χ0n) is 21.4. The summed E-state index contributed by atoms with van der Waals surface area (Å²) >= 11 is 0. The van der Waals surface area contributed by atoms with Crippen LogP contribution in [-0.4, -0.2) is 58.8 Å². The van der Waals surface area contributed by atoms with Gasteiger partial charge in [0, 0.05) is 12.6 Å². The first kappa shape index (κ1) is 29.2. The minimum Gasteiger partial charge on any atom is -0.444 e. The first-order valence-corrected chi connectivity index (χ1v) is 11.9. The SMILES string of the molecule is C=Cc1cccc(C(C(=O)NC(C)CCC)N(CCC)C(=O)C(CO)NC(=O)OC(C)(C)C)c1. The lowest BCUT2D eigenvalue weighted by Crippen LogP contribution is -2.55. The van der Waals surface area contributed by atoms with Crippen molar-refractivity contribution in [2.75, 3.05) is 13.2 Å². The van der Waals surface area contributed by atoms with E-state index in [1.54, 1.807) is 39.0 Å². The summed E-state index contributed by atoms with van der Waals surface area (Å²) in [6.07, 6.45) is 3.13. The zero-order valence-corrected chi connectivity index (χ0v) is 21.4. The topological polar surface area (TPSA) is 108 Å². The minimum absolute atomic E-state index is 0.0744. The Labute approximate surface area is 203 Å². The van der Waals surface area contributed by atoms with E-state index in [-0.39, 0.29) is 18.5 Å². The predicted molar refractivity (Wildman–Crippen MR) is 134 cm³/mol. The van der Waals surface area contributed by atoms with Gasteiger partial charge in [-0.15, -0.1) is 0 Å². The van der Waals surface area contributed by atoms with Crippen molar-refractivity contribution in [3.05, 3.63) is 42.0 Å². The van der Waals surface area contributed by atoms with Crippen molar-refractivity contribution in [3.8, 4) is 0 Å². The molecule has 34 heavy (non-hydrogen) atoms. The Kier molecular flexibility index (Phi) is 11.8. The van der Waals surface area contributed by atoms with Gasteiger partial charge in [0.15, 0.2) is 0 Å². The van der Waals surface area contributed by atoms with Crippen LogP contribution in [0.2, 0.25) is 0 Å². The lowest BCUT2D eigenvalue weighted by atomic mass is 9.99. The first-order chi connectivity index (χ1) is 16.0. The third-order valence-electron chi connectivity index (χ3n) is 5.05. The second-order valence-electron chi connectivity index (χ2n) is 9.39. The smallest absolute Gasteiger partial charge is 0.408 e. The molecule has 0 saturated heterocycles. The van der Waals surface area contributed by atoms with Crippen molar-refractivity contribution in [2.24, 2.45) is 0 Å². The van der Waals surface area contributed by atoms with E-state index in [9.17, 15) is 19.5 Å². The number of ether oxygens (including phenoxy) is 1. The summed E-state index contributed by atoms with van der Waals surface area (Å²) in [6, 6.07) is 4.99. The van der Waals surface area contributed by atoms with Crippen LogP contribution in [0.25, 0.3) is 6.08 Å². The van der Waals surface area contributed by atoms with Crippen LogP contribution in [0.1, 0.15) is 78.0 Å². The predicted octanol–water partition coefficient (Wildman–Crippen LogP) is 3.80. The molecule has 1 rings (SSSR count). The zero-order chi connectivity index (χ0) is 25.9. The second-order valence-corrected chi connectivity index (χ2v) is 9.39. The number of nitrogens with zero attached hydrogens (tertiary/aromatic N) is 1. The molecular weight excluding hydrogens is 434 g/mol. The Morgan fingerprint density at radius 1 is 1.18 bits per heavy atom. The van der Waals surface area contributed by atoms with E-state index < -0.39 is 36.3 Å². The van der Waals surface area contributed by atoms with Gasteiger partial charge in [-0.05, 0) is 57.7 Å². The molecule has 0 heterocycles. The number of benzene rings is 1. The van der Waals surface area contributed by atoms with Crippen LogP contribution in [-0.2, 0) is 14.3 Å². The normalized spacial score (nSPS) is 13.9. The molecule has 0 radical (unpaired) electrons. The van der Waals surface area contributed by atoms with Crippen LogP contribution in [0.4, 0.5) is 4.79 Å². The van der Waals surface area contributed by atoms with Crippen molar-refractivity contribution in [2.45, 2.75) is 84.5 Å². The van der Waals surface area contributed by atoms with E-state index in [0.29, 0.717) is 12.0 Å². The lowest BCUT2D eigenvalue weighted by molar-refractivity contribution is -0.143. The monoisotopic (exact) mass is 475 g/mol. The van der Waals surface area contributed by atoms with Gasteiger partial charge in [0.05, 0.1) is 6.61 Å². The molecule has 3 N–H and O–H groups in total. The van der Waals surface area contributed by atoms with Crippen LogP contribution in [0.15, 0.2) is 30.8 Å². The van der Waals surface area contributed by atoms with Crippen LogP contribution in [0.3, 0.4) is 0 Å². The quantitative estimate of drug-likeness (QED) is 0.426. The van der Waals surface area contributed by atoms with Gasteiger partial charge in [-0.25, -0.2) is 4.79 Å². The van der Waals surface area contributed by atoms with Gasteiger partial charge >= 0.3 is 6.09 Å². The van der Waals surface area contributed by atoms with Gasteiger partial charge in [0.1, 0.15) is 17.7 Å². The highest BCUT2D eigenvalue weighted by Crippen LogP contribution is 2.25. The number of carbonyl (C=O) groups excluding carboxylic acids is 3. The number of hydrogen-bond acceptors (Lipinski definition) is 5. The van der Waals surface area contributed by atoms with Gasteiger partial charge in [-0.3, -0.25) is 9.59 Å². The molecule has 0 bridgehead atoms. The van der Waals surface area contributed by atoms with Crippen molar-refractivity contribution in [1.82, 2.24) is 15.5 Å². The number of alkyl carbamates (subject to hydrolysis) is 1. The van der Waals surface area contributed by atoms with Crippen LogP contribution in [0.5, 0.6) is 0 Å². The lowest BCUT2D eigenvalue weighted by Gasteiger charge is -2.34. The number of hydrogen-bond donors (Lipinski definition) is 3. The summed E-state index contributed by atoms with van der Waals surface area (Å²) in [4.78, 5) is 40.7. The number of aliphatic hydroxyl groups excluding tert-OH is 1. The molecule has 0 spiro atoms. The molecule has 0 saturated carbocycles. The molecule has 3 amide bonds. The fraction of sp³-hybridized carbons (Fsp3) is 0.577. The van der Waals surface area contributed by atoms with E-state index >= 15 is 0 Å². The maximum absolute atomic E-state index is 13.5. The van der Waals surface area contributed by atoms with Crippen molar-refractivity contribution < 1.29 is 24.2 Å². The van der Waals surface area contributed by atoms with Gasteiger partial charge in [-0.1, -0.05) is 51.1 Å². The molecule has 3 unspecified atom stereocenters. The molecule has 3 atom stereocenters. The largest absolute Gasteiger partial charge is 0.444 e. The highest BCUT2D eigenvalue weighted by molar-refractivity contribution is 5.92. The van der Waals surface area contributed by atoms with Gasteiger partial charge < -0.3 is 25.4 Å². The van der Waals surface area contributed by atoms with E-state index in [4.69, 9.17) is 4.74 Å². The highest BCUT2D eigenvalue weighted by Gasteiger charge is 2.36. The Morgan fingerprint density at radius 3 is 2.38 bits per heavy atom. The number of aliphatic hydroxyl groups is 1. The highest BCUT2D eigenvalue weighted by atomic mass is 16.6. The molecule has 0 aliphatic carbocycles. The molecular formula is C26H41N3O5. The molecule has 1 aromatic rings. The van der Waals surface area contributed by atoms with E-state index in [0.717, 1.165) is 18.4 Å². The van der Waals surface area contributed by atoms with Crippen LogP contribution in [0, 0.1) is 0 Å². The summed E-state index contributed by atoms with van der Waals surface area (Å²) in [5.41, 5.74) is 0.667. The summed E-state index contributed by atoms with van der Waals surface area (Å²) in [5, 5.41) is 15.4. The second kappa shape index (κ2) is 13.7. The Hall–Kier alpha value is -2.87. The molecule has 8 nitrogen and oxygen atoms in total. The van der Waals surface area contributed by atoms with Gasteiger partial charge in [-0.2, -0.15) is 0 Å². The van der Waals surface area contributed by atoms with E-state index in [2.05, 4.69) is 17.2 Å². The summed E-state index contributed by atoms with van der Waals surface area (Å²) in [5.74, 6) is -0.888. The van der Waals surface area contributed by atoms with Crippen LogP contribution >= 0.6 is 0 Å². The number of rotatable bonds is 12. The molecule has 8 heteroatoms.